The number of hydrogen-bond acceptors (Lipinski definition) is 8. The van der Waals surface area contributed by atoms with Crippen LogP contribution < -0.4 is 14.4 Å². The Bertz CT molecular complexity index is 1270. The van der Waals surface area contributed by atoms with Crippen LogP contribution in [0.4, 0.5) is 11.4 Å². The highest BCUT2D eigenvalue weighted by atomic mass is 32.2. The molecule has 0 bridgehead atoms. The lowest BCUT2D eigenvalue weighted by Crippen LogP contribution is -2.37. The summed E-state index contributed by atoms with van der Waals surface area (Å²) >= 11 is 0. The van der Waals surface area contributed by atoms with E-state index >= 15 is 0 Å². The maximum atomic E-state index is 12.8. The summed E-state index contributed by atoms with van der Waals surface area (Å²) < 4.78 is 35.3. The smallest absolute Gasteiger partial charge is 0.241 e. The minimum atomic E-state index is -3.38. The number of piperidine rings is 1. The number of methoxy groups -OCH3 is 1. The van der Waals surface area contributed by atoms with E-state index in [9.17, 15) is 13.2 Å². The average molecular weight is 500 g/mol. The molecule has 1 aliphatic heterocycles. The van der Waals surface area contributed by atoms with Crippen molar-refractivity contribution in [2.75, 3.05) is 43.1 Å². The number of likely N-dealkylation sites (tertiary alicyclic amines) is 1. The molecule has 0 unspecified atom stereocenters. The van der Waals surface area contributed by atoms with Crippen molar-refractivity contribution in [2.45, 2.75) is 19.4 Å². The summed E-state index contributed by atoms with van der Waals surface area (Å²) in [6.07, 6.45) is 2.54. The zero-order valence-electron chi connectivity index (χ0n) is 20.0. The van der Waals surface area contributed by atoms with Crippen LogP contribution in [0.3, 0.4) is 0 Å². The maximum absolute atomic E-state index is 12.8. The Labute approximate surface area is 204 Å². The molecular weight excluding hydrogens is 470 g/mol. The van der Waals surface area contributed by atoms with Gasteiger partial charge < -0.3 is 14.6 Å². The first-order valence-corrected chi connectivity index (χ1v) is 13.1. The van der Waals surface area contributed by atoms with E-state index in [0.717, 1.165) is 30.7 Å². The lowest BCUT2D eigenvalue weighted by Gasteiger charge is -2.30. The van der Waals surface area contributed by atoms with Gasteiger partial charge in [-0.1, -0.05) is 11.2 Å². The van der Waals surface area contributed by atoms with Crippen LogP contribution in [0.5, 0.6) is 5.75 Å². The van der Waals surface area contributed by atoms with E-state index in [1.807, 2.05) is 24.3 Å². The second-order valence-corrected chi connectivity index (χ2v) is 10.6. The highest BCUT2D eigenvalue weighted by molar-refractivity contribution is 7.92. The normalized spacial score (nSPS) is 15.1. The van der Waals surface area contributed by atoms with Crippen LogP contribution in [-0.2, 0) is 21.4 Å². The van der Waals surface area contributed by atoms with Gasteiger partial charge in [-0.15, -0.1) is 0 Å². The molecule has 4 rings (SSSR count). The molecule has 1 aromatic heterocycles. The largest absolute Gasteiger partial charge is 0.497 e. The van der Waals surface area contributed by atoms with Gasteiger partial charge in [0.1, 0.15) is 5.75 Å². The summed E-state index contributed by atoms with van der Waals surface area (Å²) in [5, 5.41) is 7.00. The van der Waals surface area contributed by atoms with Crippen LogP contribution in [0.15, 0.2) is 53.1 Å². The number of rotatable bonds is 8. The van der Waals surface area contributed by atoms with Crippen molar-refractivity contribution in [3.63, 3.8) is 0 Å². The van der Waals surface area contributed by atoms with Gasteiger partial charge in [0, 0.05) is 24.2 Å². The molecule has 0 saturated carbocycles. The van der Waals surface area contributed by atoms with Crippen molar-refractivity contribution in [3.8, 4) is 17.1 Å². The fraction of sp³-hybridized carbons (Fsp3) is 0.375. The van der Waals surface area contributed by atoms with E-state index in [1.54, 1.807) is 31.4 Å². The highest BCUT2D eigenvalue weighted by Gasteiger charge is 2.26. The molecule has 2 heterocycles. The first-order chi connectivity index (χ1) is 16.7. The summed E-state index contributed by atoms with van der Waals surface area (Å²) in [7, 11) is -0.279. The minimum absolute atomic E-state index is 0.0663. The van der Waals surface area contributed by atoms with E-state index in [0.29, 0.717) is 42.5 Å². The first kappa shape index (κ1) is 24.7. The van der Waals surface area contributed by atoms with Crippen LogP contribution in [-0.4, -0.2) is 62.9 Å². The first-order valence-electron chi connectivity index (χ1n) is 11.3. The van der Waals surface area contributed by atoms with Crippen LogP contribution in [0, 0.1) is 5.92 Å². The van der Waals surface area contributed by atoms with Crippen molar-refractivity contribution >= 4 is 27.3 Å². The molecule has 1 fully saturated rings. The Morgan fingerprint density at radius 2 is 1.91 bits per heavy atom. The monoisotopic (exact) mass is 499 g/mol. The highest BCUT2D eigenvalue weighted by Crippen LogP contribution is 2.25. The number of nitrogens with one attached hydrogen (secondary N) is 1. The number of amides is 1. The minimum Gasteiger partial charge on any atom is -0.497 e. The Balaban J connectivity index is 1.29. The number of anilines is 2. The van der Waals surface area contributed by atoms with Gasteiger partial charge >= 0.3 is 0 Å². The number of sulfonamides is 1. The van der Waals surface area contributed by atoms with E-state index in [4.69, 9.17) is 9.26 Å². The second-order valence-electron chi connectivity index (χ2n) is 8.56. The fourth-order valence-corrected chi connectivity index (χ4v) is 4.43. The van der Waals surface area contributed by atoms with E-state index < -0.39 is 10.0 Å². The Morgan fingerprint density at radius 1 is 1.20 bits per heavy atom. The van der Waals surface area contributed by atoms with Gasteiger partial charge in [-0.25, -0.2) is 8.42 Å². The van der Waals surface area contributed by atoms with Gasteiger partial charge in [0.2, 0.25) is 27.6 Å². The van der Waals surface area contributed by atoms with Gasteiger partial charge in [0.15, 0.2) is 0 Å². The van der Waals surface area contributed by atoms with Crippen LogP contribution in [0.1, 0.15) is 18.7 Å². The number of nitrogens with zero attached hydrogens (tertiary/aromatic N) is 4. The third-order valence-corrected chi connectivity index (χ3v) is 7.31. The van der Waals surface area contributed by atoms with Gasteiger partial charge in [-0.3, -0.25) is 14.0 Å². The molecule has 1 amide bonds. The number of hydrogen-bond donors (Lipinski definition) is 1. The third-order valence-electron chi connectivity index (χ3n) is 6.11. The molecule has 3 aromatic rings. The predicted molar refractivity (Wildman–Crippen MR) is 133 cm³/mol. The predicted octanol–water partition coefficient (Wildman–Crippen LogP) is 2.99. The van der Waals surface area contributed by atoms with Crippen molar-refractivity contribution in [1.82, 2.24) is 15.0 Å². The molecule has 186 valence electrons. The number of ether oxygens (including phenoxy) is 1. The Hall–Kier alpha value is -3.44. The summed E-state index contributed by atoms with van der Waals surface area (Å²) in [4.78, 5) is 19.5. The molecule has 0 aliphatic carbocycles. The lowest BCUT2D eigenvalue weighted by molar-refractivity contribution is -0.121. The fourth-order valence-electron chi connectivity index (χ4n) is 3.94. The van der Waals surface area contributed by atoms with Crippen LogP contribution in [0.25, 0.3) is 11.4 Å². The molecule has 11 heteroatoms. The Kier molecular flexibility index (Phi) is 7.37. The van der Waals surface area contributed by atoms with Crippen LogP contribution >= 0.6 is 0 Å². The molecule has 1 saturated heterocycles. The lowest BCUT2D eigenvalue weighted by atomic mass is 9.96. The Morgan fingerprint density at radius 3 is 2.57 bits per heavy atom. The standard InChI is InChI=1S/C24H29N5O5S/c1-28(35(3,31)32)20-6-4-5-19(15-20)25-24(30)18-11-13-29(14-12-18)16-22-26-23(27-34-22)17-7-9-21(33-2)10-8-17/h4-10,15,18H,11-14,16H2,1-3H3,(H,25,30). The zero-order valence-corrected chi connectivity index (χ0v) is 20.8. The summed E-state index contributed by atoms with van der Waals surface area (Å²) in [5.74, 6) is 1.63. The van der Waals surface area contributed by atoms with Crippen molar-refractivity contribution in [2.24, 2.45) is 5.92 Å². The summed E-state index contributed by atoms with van der Waals surface area (Å²) in [6.45, 7) is 1.99. The summed E-state index contributed by atoms with van der Waals surface area (Å²) in [5.41, 5.74) is 1.92. The molecule has 35 heavy (non-hydrogen) atoms. The molecule has 1 N–H and O–H groups in total. The summed E-state index contributed by atoms with van der Waals surface area (Å²) in [6, 6.07) is 14.3. The zero-order chi connectivity index (χ0) is 25.0. The maximum Gasteiger partial charge on any atom is 0.241 e. The van der Waals surface area contributed by atoms with Crippen molar-refractivity contribution < 1.29 is 22.5 Å². The molecule has 1 aliphatic rings. The van der Waals surface area contributed by atoms with Gasteiger partial charge in [0.25, 0.3) is 0 Å². The number of carbonyl (C=O) groups is 1. The number of benzene rings is 2. The van der Waals surface area contributed by atoms with Crippen molar-refractivity contribution in [3.05, 3.63) is 54.4 Å². The quantitative estimate of drug-likeness (QED) is 0.503. The molecule has 2 aromatic carbocycles. The van der Waals surface area contributed by atoms with Crippen molar-refractivity contribution in [1.29, 1.82) is 0 Å². The average Bonchev–Trinajstić information content (AvgIpc) is 3.32. The van der Waals surface area contributed by atoms with Gasteiger partial charge in [-0.05, 0) is 68.4 Å². The third kappa shape index (κ3) is 6.17. The number of carbonyl (C=O) groups excluding carboxylic acids is 1. The SMILES string of the molecule is COc1ccc(-c2noc(CN3CCC(C(=O)Nc4cccc(N(C)S(C)(=O)=O)c4)CC3)n2)cc1. The molecule has 0 atom stereocenters. The van der Waals surface area contributed by atoms with E-state index in [1.165, 1.54) is 11.4 Å². The molecule has 0 spiro atoms. The van der Waals surface area contributed by atoms with E-state index in [2.05, 4.69) is 20.4 Å². The number of aromatic nitrogens is 2. The van der Waals surface area contributed by atoms with E-state index in [-0.39, 0.29) is 11.8 Å². The van der Waals surface area contributed by atoms with Crippen LogP contribution in [0.2, 0.25) is 0 Å². The van der Waals surface area contributed by atoms with Gasteiger partial charge in [-0.2, -0.15) is 4.98 Å². The van der Waals surface area contributed by atoms with Gasteiger partial charge in [0.05, 0.1) is 25.6 Å². The second kappa shape index (κ2) is 10.4. The molecule has 10 nitrogen and oxygen atoms in total. The topological polar surface area (TPSA) is 118 Å². The molecular formula is C24H29N5O5S. The molecule has 0 radical (unpaired) electrons.